The summed E-state index contributed by atoms with van der Waals surface area (Å²) >= 11 is 1.23. The van der Waals surface area contributed by atoms with Crippen LogP contribution >= 0.6 is 11.3 Å². The molecule has 2 aromatic heterocycles. The zero-order chi connectivity index (χ0) is 18.0. The predicted molar refractivity (Wildman–Crippen MR) is 92.8 cm³/mol. The minimum atomic E-state index is -0.687. The zero-order valence-electron chi connectivity index (χ0n) is 12.9. The van der Waals surface area contributed by atoms with Gasteiger partial charge in [-0.1, -0.05) is 0 Å². The summed E-state index contributed by atoms with van der Waals surface area (Å²) in [6.45, 7) is 1.55. The first-order valence-electron chi connectivity index (χ1n) is 7.02. The summed E-state index contributed by atoms with van der Waals surface area (Å²) in [5.74, 6) is 0.0824. The molecule has 25 heavy (non-hydrogen) atoms. The Hall–Kier alpha value is -3.33. The van der Waals surface area contributed by atoms with Crippen molar-refractivity contribution in [1.82, 2.24) is 4.98 Å². The number of non-ortho nitro benzene ring substituents is 1. The lowest BCUT2D eigenvalue weighted by molar-refractivity contribution is -0.384. The molecule has 3 rings (SSSR count). The van der Waals surface area contributed by atoms with Crippen molar-refractivity contribution in [2.24, 2.45) is 4.99 Å². The molecule has 126 valence electrons. The van der Waals surface area contributed by atoms with Crippen molar-refractivity contribution in [3.8, 4) is 17.0 Å². The van der Waals surface area contributed by atoms with Crippen molar-refractivity contribution in [3.63, 3.8) is 0 Å². The van der Waals surface area contributed by atoms with E-state index in [2.05, 4.69) is 9.98 Å². The molecule has 0 aliphatic carbocycles. The van der Waals surface area contributed by atoms with Gasteiger partial charge in [-0.3, -0.25) is 10.1 Å². The summed E-state index contributed by atoms with van der Waals surface area (Å²) in [6, 6.07) is 7.31. The van der Waals surface area contributed by atoms with Crippen LogP contribution in [0.1, 0.15) is 11.3 Å². The monoisotopic (exact) mass is 357 g/mol. The third-order valence-electron chi connectivity index (χ3n) is 3.26. The highest BCUT2D eigenvalue weighted by molar-refractivity contribution is 7.13. The van der Waals surface area contributed by atoms with Gasteiger partial charge in [0.1, 0.15) is 17.1 Å². The molecule has 0 saturated carbocycles. The SMILES string of the molecule is Cc1cc(O)c(/C=N/c2nc(-c3ccc([N+](=O)[O-])cc3)cs2)c(=O)o1. The average molecular weight is 357 g/mol. The molecule has 9 heteroatoms. The van der Waals surface area contributed by atoms with E-state index in [4.69, 9.17) is 4.42 Å². The van der Waals surface area contributed by atoms with Gasteiger partial charge in [0.25, 0.3) is 5.69 Å². The average Bonchev–Trinajstić information content (AvgIpc) is 3.03. The number of rotatable bonds is 4. The molecule has 0 spiro atoms. The highest BCUT2D eigenvalue weighted by Gasteiger charge is 2.09. The number of aromatic hydroxyl groups is 1. The first-order chi connectivity index (χ1) is 11.9. The molecule has 8 nitrogen and oxygen atoms in total. The van der Waals surface area contributed by atoms with Gasteiger partial charge in [-0.2, -0.15) is 0 Å². The van der Waals surface area contributed by atoms with Crippen LogP contribution in [0.25, 0.3) is 11.3 Å². The maximum atomic E-state index is 11.7. The van der Waals surface area contributed by atoms with E-state index in [1.807, 2.05) is 0 Å². The Labute approximate surface area is 144 Å². The molecule has 0 aliphatic rings. The predicted octanol–water partition coefficient (Wildman–Crippen LogP) is 3.44. The molecule has 0 radical (unpaired) electrons. The molecule has 2 heterocycles. The Morgan fingerprint density at radius 3 is 2.72 bits per heavy atom. The van der Waals surface area contributed by atoms with Crippen LogP contribution in [0.5, 0.6) is 5.75 Å². The van der Waals surface area contributed by atoms with E-state index in [0.717, 1.165) is 0 Å². The Kier molecular flexibility index (Phi) is 4.40. The summed E-state index contributed by atoms with van der Waals surface area (Å²) in [6.07, 6.45) is 1.19. The van der Waals surface area contributed by atoms with E-state index in [0.29, 0.717) is 22.1 Å². The largest absolute Gasteiger partial charge is 0.507 e. The number of aromatic nitrogens is 1. The van der Waals surface area contributed by atoms with Gasteiger partial charge in [-0.25, -0.2) is 14.8 Å². The minimum absolute atomic E-state index is 0.00112. The summed E-state index contributed by atoms with van der Waals surface area (Å²) in [4.78, 5) is 30.3. The molecule has 0 aliphatic heterocycles. The van der Waals surface area contributed by atoms with Gasteiger partial charge in [-0.15, -0.1) is 11.3 Å². The number of nitro benzene ring substituents is 1. The van der Waals surface area contributed by atoms with Gasteiger partial charge in [0, 0.05) is 35.4 Å². The number of benzene rings is 1. The minimum Gasteiger partial charge on any atom is -0.507 e. The lowest BCUT2D eigenvalue weighted by atomic mass is 10.1. The number of thiazole rings is 1. The Balaban J connectivity index is 1.85. The molecule has 0 atom stereocenters. The number of aliphatic imine (C=N–C) groups is 1. The lowest BCUT2D eigenvalue weighted by Crippen LogP contribution is -2.07. The second kappa shape index (κ2) is 6.65. The molecule has 0 unspecified atom stereocenters. The molecule has 1 aromatic carbocycles. The second-order valence-electron chi connectivity index (χ2n) is 5.02. The number of aryl methyl sites for hydroxylation is 1. The second-order valence-corrected chi connectivity index (χ2v) is 5.86. The maximum Gasteiger partial charge on any atom is 0.348 e. The Bertz CT molecular complexity index is 1020. The van der Waals surface area contributed by atoms with Crippen LogP contribution in [-0.2, 0) is 0 Å². The van der Waals surface area contributed by atoms with Crippen LogP contribution in [0.4, 0.5) is 10.8 Å². The molecule has 0 bridgehead atoms. The van der Waals surface area contributed by atoms with E-state index < -0.39 is 10.5 Å². The zero-order valence-corrected chi connectivity index (χ0v) is 13.7. The third-order valence-corrected chi connectivity index (χ3v) is 4.01. The van der Waals surface area contributed by atoms with Crippen molar-refractivity contribution in [3.05, 3.63) is 67.6 Å². The summed E-state index contributed by atoms with van der Waals surface area (Å²) in [5, 5.41) is 22.6. The molecule has 0 amide bonds. The van der Waals surface area contributed by atoms with Crippen molar-refractivity contribution in [2.75, 3.05) is 0 Å². The molecule has 0 fully saturated rings. The molecule has 1 N–H and O–H groups in total. The lowest BCUT2D eigenvalue weighted by Gasteiger charge is -1.97. The third kappa shape index (κ3) is 3.61. The van der Waals surface area contributed by atoms with Crippen LogP contribution < -0.4 is 5.63 Å². The number of nitro groups is 1. The van der Waals surface area contributed by atoms with Gasteiger partial charge in [0.05, 0.1) is 10.6 Å². The van der Waals surface area contributed by atoms with Gasteiger partial charge in [0.2, 0.25) is 5.13 Å². The molecule has 3 aromatic rings. The maximum absolute atomic E-state index is 11.7. The van der Waals surface area contributed by atoms with Crippen LogP contribution in [-0.4, -0.2) is 21.2 Å². The smallest absolute Gasteiger partial charge is 0.348 e. The number of nitrogens with zero attached hydrogens (tertiary/aromatic N) is 3. The highest BCUT2D eigenvalue weighted by Crippen LogP contribution is 2.28. The van der Waals surface area contributed by atoms with Gasteiger partial charge in [-0.05, 0) is 19.1 Å². The summed E-state index contributed by atoms with van der Waals surface area (Å²) in [5.41, 5.74) is 0.568. The fourth-order valence-corrected chi connectivity index (χ4v) is 2.72. The van der Waals surface area contributed by atoms with Crippen LogP contribution in [0, 0.1) is 17.0 Å². The first-order valence-corrected chi connectivity index (χ1v) is 7.90. The molecular formula is C16H11N3O5S. The fourth-order valence-electron chi connectivity index (χ4n) is 2.05. The van der Waals surface area contributed by atoms with Gasteiger partial charge in [0.15, 0.2) is 0 Å². The quantitative estimate of drug-likeness (QED) is 0.434. The van der Waals surface area contributed by atoms with E-state index >= 15 is 0 Å². The Morgan fingerprint density at radius 2 is 2.08 bits per heavy atom. The van der Waals surface area contributed by atoms with Crippen molar-refractivity contribution >= 4 is 28.4 Å². The summed E-state index contributed by atoms with van der Waals surface area (Å²) < 4.78 is 4.90. The topological polar surface area (TPSA) is 119 Å². The van der Waals surface area contributed by atoms with Gasteiger partial charge < -0.3 is 9.52 Å². The Morgan fingerprint density at radius 1 is 1.36 bits per heavy atom. The van der Waals surface area contributed by atoms with E-state index in [9.17, 15) is 20.0 Å². The molecular weight excluding hydrogens is 346 g/mol. The van der Waals surface area contributed by atoms with Crippen LogP contribution in [0.15, 0.2) is 49.9 Å². The van der Waals surface area contributed by atoms with E-state index in [1.54, 1.807) is 24.4 Å². The van der Waals surface area contributed by atoms with Crippen LogP contribution in [0.3, 0.4) is 0 Å². The van der Waals surface area contributed by atoms with Crippen molar-refractivity contribution in [1.29, 1.82) is 0 Å². The molecule has 0 saturated heterocycles. The standard InChI is InChI=1S/C16H11N3O5S/c1-9-6-14(20)12(15(21)24-9)7-17-16-18-13(8-25-16)10-2-4-11(5-3-10)19(22)23/h2-8,20H,1H3/b17-7+. The normalized spacial score (nSPS) is 11.1. The number of hydrogen-bond donors (Lipinski definition) is 1. The summed E-state index contributed by atoms with van der Waals surface area (Å²) in [7, 11) is 0. The van der Waals surface area contributed by atoms with Crippen LogP contribution in [0.2, 0.25) is 0 Å². The van der Waals surface area contributed by atoms with Crippen molar-refractivity contribution in [2.45, 2.75) is 6.92 Å². The van der Waals surface area contributed by atoms with E-state index in [1.165, 1.54) is 35.8 Å². The van der Waals surface area contributed by atoms with Crippen molar-refractivity contribution < 1.29 is 14.4 Å². The highest BCUT2D eigenvalue weighted by atomic mass is 32.1. The number of hydrogen-bond acceptors (Lipinski definition) is 8. The fraction of sp³-hybridized carbons (Fsp3) is 0.0625. The van der Waals surface area contributed by atoms with Gasteiger partial charge >= 0.3 is 5.63 Å². The van der Waals surface area contributed by atoms with E-state index in [-0.39, 0.29) is 17.0 Å². The first kappa shape index (κ1) is 16.5.